The van der Waals surface area contributed by atoms with Crippen molar-refractivity contribution in [3.05, 3.63) is 23.8 Å². The van der Waals surface area contributed by atoms with Crippen molar-refractivity contribution in [1.29, 1.82) is 0 Å². The molecular weight excluding hydrogens is 249 g/mol. The second-order valence-electron chi connectivity index (χ2n) is 3.01. The van der Waals surface area contributed by atoms with Crippen molar-refractivity contribution in [3.63, 3.8) is 0 Å². The molecule has 0 aliphatic carbocycles. The van der Waals surface area contributed by atoms with Gasteiger partial charge in [-0.15, -0.1) is 0 Å². The van der Waals surface area contributed by atoms with Gasteiger partial charge in [0.25, 0.3) is 0 Å². The number of benzene rings is 1. The maximum absolute atomic E-state index is 12.0. The molecule has 1 aromatic rings. The summed E-state index contributed by atoms with van der Waals surface area (Å²) in [5.41, 5.74) is 6.04. The van der Waals surface area contributed by atoms with Gasteiger partial charge in [0.2, 0.25) is 0 Å². The fourth-order valence-electron chi connectivity index (χ4n) is 0.964. The van der Waals surface area contributed by atoms with E-state index in [9.17, 15) is 12.9 Å². The first kappa shape index (κ1) is 15.9. The third-order valence-corrected chi connectivity index (χ3v) is 2.92. The van der Waals surface area contributed by atoms with Crippen molar-refractivity contribution in [2.45, 2.75) is 11.8 Å². The maximum atomic E-state index is 12.0. The number of nitrogens with two attached hydrogens (primary N) is 1. The number of hydrogen-bond acceptors (Lipinski definition) is 2. The van der Waals surface area contributed by atoms with Crippen LogP contribution in [-0.4, -0.2) is 12.6 Å². The second-order valence-corrected chi connectivity index (χ2v) is 4.07. The Labute approximate surface area is 134 Å². The van der Waals surface area contributed by atoms with Crippen LogP contribution in [0, 0.1) is 6.92 Å². The van der Waals surface area contributed by atoms with Gasteiger partial charge in [-0.3, -0.25) is 0 Å². The molecule has 0 radical (unpaired) electrons. The summed E-state index contributed by atoms with van der Waals surface area (Å²) in [7, 11) is 0. The van der Waals surface area contributed by atoms with Crippen molar-refractivity contribution in [2.75, 3.05) is 11.4 Å². The van der Waals surface area contributed by atoms with E-state index in [2.05, 4.69) is 0 Å². The molecule has 0 fully saturated rings. The van der Waals surface area contributed by atoms with E-state index >= 15 is 0 Å². The summed E-state index contributed by atoms with van der Waals surface area (Å²) in [5, 5.41) is 0. The molecule has 7 heteroatoms. The molecule has 0 saturated carbocycles. The van der Waals surface area contributed by atoms with Crippen LogP contribution in [0.25, 0.3) is 0 Å². The van der Waals surface area contributed by atoms with Crippen LogP contribution in [0.4, 0.5) is 18.6 Å². The third-order valence-electron chi connectivity index (χ3n) is 1.71. The molecule has 15 heavy (non-hydrogen) atoms. The molecule has 0 saturated heterocycles. The SMILES string of the molecule is Cc1cccc(SC[B-](F)(F)F)c1N.[K+]. The molecule has 1 rings (SSSR count). The average Bonchev–Trinajstić information content (AvgIpc) is 2.06. The Kier molecular flexibility index (Phi) is 6.94. The fourth-order valence-corrected chi connectivity index (χ4v) is 1.82. The van der Waals surface area contributed by atoms with E-state index in [0.717, 1.165) is 17.3 Å². The van der Waals surface area contributed by atoms with Crippen molar-refractivity contribution in [1.82, 2.24) is 0 Å². The molecule has 0 aromatic heterocycles. The summed E-state index contributed by atoms with van der Waals surface area (Å²) in [5.74, 6) is 0. The normalized spacial score (nSPS) is 10.9. The average molecular weight is 259 g/mol. The van der Waals surface area contributed by atoms with E-state index in [0.29, 0.717) is 10.6 Å². The maximum Gasteiger partial charge on any atom is 1.00 e. The first-order valence-electron chi connectivity index (χ1n) is 4.09. The molecule has 0 atom stereocenters. The molecule has 2 N–H and O–H groups in total. The Morgan fingerprint density at radius 1 is 1.33 bits per heavy atom. The zero-order valence-corrected chi connectivity index (χ0v) is 12.6. The van der Waals surface area contributed by atoms with Crippen LogP contribution in [0.2, 0.25) is 0 Å². The Balaban J connectivity index is 0.00000196. The molecule has 1 nitrogen and oxygen atoms in total. The van der Waals surface area contributed by atoms with Gasteiger partial charge in [-0.25, -0.2) is 0 Å². The van der Waals surface area contributed by atoms with Crippen LogP contribution in [0.5, 0.6) is 0 Å². The topological polar surface area (TPSA) is 26.0 Å². The van der Waals surface area contributed by atoms with Crippen LogP contribution < -0.4 is 57.1 Å². The molecule has 0 amide bonds. The number of anilines is 1. The summed E-state index contributed by atoms with van der Waals surface area (Å²) in [6.07, 6.45) is 0. The zero-order valence-electron chi connectivity index (χ0n) is 8.64. The van der Waals surface area contributed by atoms with Crippen LogP contribution in [-0.2, 0) is 0 Å². The number of hydrogen-bond donors (Lipinski definition) is 1. The minimum Gasteiger partial charge on any atom is -0.448 e. The quantitative estimate of drug-likeness (QED) is 0.472. The molecule has 78 valence electrons. The molecule has 0 unspecified atom stereocenters. The summed E-state index contributed by atoms with van der Waals surface area (Å²) in [6.45, 7) is -2.97. The van der Waals surface area contributed by atoms with Crippen molar-refractivity contribution in [2.24, 2.45) is 0 Å². The third kappa shape index (κ3) is 5.65. The molecule has 1 aromatic carbocycles. The van der Waals surface area contributed by atoms with Gasteiger partial charge in [-0.2, -0.15) is 11.8 Å². The molecule has 0 aliphatic heterocycles. The van der Waals surface area contributed by atoms with E-state index in [1.165, 1.54) is 0 Å². The Hall–Kier alpha value is 0.861. The summed E-state index contributed by atoms with van der Waals surface area (Å²) in [6, 6.07) is 5.09. The molecule has 0 aliphatic rings. The first-order valence-corrected chi connectivity index (χ1v) is 5.07. The van der Waals surface area contributed by atoms with Crippen molar-refractivity contribution >= 4 is 24.4 Å². The number of nitrogen functional groups attached to an aromatic ring is 1. The monoisotopic (exact) mass is 259 g/mol. The van der Waals surface area contributed by atoms with E-state index in [1.54, 1.807) is 25.1 Å². The number of rotatable bonds is 3. The first-order chi connectivity index (χ1) is 6.40. The fraction of sp³-hybridized carbons (Fsp3) is 0.250. The second kappa shape index (κ2) is 6.56. The Bertz CT molecular complexity index is 332. The molecule has 0 spiro atoms. The van der Waals surface area contributed by atoms with Gasteiger partial charge in [0, 0.05) is 10.6 Å². The van der Waals surface area contributed by atoms with Crippen molar-refractivity contribution < 1.29 is 64.3 Å². The molecular formula is C8H10BF3KNS. The standard InChI is InChI=1S/C8H10BF3NS.K/c1-6-3-2-4-7(8(6)13)14-5-9(10,11)12;/h2-4H,5,13H2,1H3;/q-1;+1. The summed E-state index contributed by atoms with van der Waals surface area (Å²) < 4.78 is 35.9. The van der Waals surface area contributed by atoms with E-state index in [-0.39, 0.29) is 51.4 Å². The van der Waals surface area contributed by atoms with Gasteiger partial charge < -0.3 is 18.7 Å². The number of aryl methyl sites for hydroxylation is 1. The van der Waals surface area contributed by atoms with Gasteiger partial charge in [0.15, 0.2) is 0 Å². The van der Waals surface area contributed by atoms with E-state index < -0.39 is 12.6 Å². The Morgan fingerprint density at radius 2 is 1.93 bits per heavy atom. The van der Waals surface area contributed by atoms with Gasteiger partial charge >= 0.3 is 58.4 Å². The van der Waals surface area contributed by atoms with Crippen LogP contribution in [0.3, 0.4) is 0 Å². The van der Waals surface area contributed by atoms with Crippen LogP contribution in [0.1, 0.15) is 5.56 Å². The van der Waals surface area contributed by atoms with E-state index in [1.807, 2.05) is 0 Å². The van der Waals surface area contributed by atoms with Gasteiger partial charge in [0.1, 0.15) is 0 Å². The minimum absolute atomic E-state index is 0. The largest absolute Gasteiger partial charge is 1.00 e. The van der Waals surface area contributed by atoms with Gasteiger partial charge in [-0.1, -0.05) is 12.1 Å². The summed E-state index contributed by atoms with van der Waals surface area (Å²) >= 11 is 0.746. The number of halogens is 3. The number of thioether (sulfide) groups is 1. The molecule has 0 bridgehead atoms. The summed E-state index contributed by atoms with van der Waals surface area (Å²) in [4.78, 5) is 0.504. The Morgan fingerprint density at radius 3 is 2.47 bits per heavy atom. The van der Waals surface area contributed by atoms with Crippen molar-refractivity contribution in [3.8, 4) is 0 Å². The predicted octanol–water partition coefficient (Wildman–Crippen LogP) is 0.0599. The predicted molar refractivity (Wildman–Crippen MR) is 55.4 cm³/mol. The number of para-hydroxylation sites is 1. The van der Waals surface area contributed by atoms with E-state index in [4.69, 9.17) is 5.73 Å². The van der Waals surface area contributed by atoms with Gasteiger partial charge in [-0.05, 0) is 24.2 Å². The molecule has 0 heterocycles. The van der Waals surface area contributed by atoms with Crippen LogP contribution >= 0.6 is 11.8 Å². The smallest absolute Gasteiger partial charge is 0.448 e. The minimum atomic E-state index is -4.75. The van der Waals surface area contributed by atoms with Gasteiger partial charge in [0.05, 0.1) is 0 Å². The van der Waals surface area contributed by atoms with Crippen LogP contribution in [0.15, 0.2) is 23.1 Å². The zero-order chi connectivity index (χ0) is 10.8.